The number of fused-ring (bicyclic) bond motifs is 1. The van der Waals surface area contributed by atoms with E-state index in [-0.39, 0.29) is 46.4 Å². The van der Waals surface area contributed by atoms with Crippen LogP contribution in [-0.2, 0) is 9.59 Å². The minimum absolute atomic E-state index is 0.0100. The highest BCUT2D eigenvalue weighted by atomic mass is 32.2. The monoisotopic (exact) mass is 665 g/mol. The Morgan fingerprint density at radius 3 is 2.32 bits per heavy atom. The van der Waals surface area contributed by atoms with Gasteiger partial charge in [0.25, 0.3) is 0 Å². The van der Waals surface area contributed by atoms with Gasteiger partial charge in [-0.05, 0) is 63.6 Å². The van der Waals surface area contributed by atoms with E-state index in [1.807, 2.05) is 28.0 Å². The van der Waals surface area contributed by atoms with Crippen LogP contribution in [0.25, 0.3) is 0 Å². The highest BCUT2D eigenvalue weighted by Gasteiger charge is 2.44. The summed E-state index contributed by atoms with van der Waals surface area (Å²) in [5, 5.41) is 1.34. The van der Waals surface area contributed by atoms with Crippen molar-refractivity contribution in [2.75, 3.05) is 61.1 Å². The van der Waals surface area contributed by atoms with Gasteiger partial charge in [-0.25, -0.2) is 4.39 Å². The fourth-order valence-corrected chi connectivity index (χ4v) is 8.73. The van der Waals surface area contributed by atoms with Gasteiger partial charge in [0, 0.05) is 63.3 Å². The molecule has 4 aliphatic rings. The number of para-hydroxylation sites is 3. The van der Waals surface area contributed by atoms with Crippen molar-refractivity contribution < 1.29 is 14.0 Å². The summed E-state index contributed by atoms with van der Waals surface area (Å²) < 4.78 is 15.8. The van der Waals surface area contributed by atoms with E-state index in [1.165, 1.54) is 17.8 Å². The van der Waals surface area contributed by atoms with Crippen molar-refractivity contribution in [3.63, 3.8) is 0 Å². The number of benzene rings is 2. The topological polar surface area (TPSA) is 74.4 Å². The zero-order chi connectivity index (χ0) is 33.5. The lowest BCUT2D eigenvalue weighted by Gasteiger charge is -2.43. The van der Waals surface area contributed by atoms with Crippen LogP contribution in [0.5, 0.6) is 0 Å². The van der Waals surface area contributed by atoms with Gasteiger partial charge in [0.1, 0.15) is 11.2 Å². The van der Waals surface area contributed by atoms with Crippen LogP contribution in [0.4, 0.5) is 21.5 Å². The molecule has 2 aromatic carbocycles. The highest BCUT2D eigenvalue weighted by Crippen LogP contribution is 2.48. The van der Waals surface area contributed by atoms with Crippen LogP contribution in [0.1, 0.15) is 78.2 Å². The normalized spacial score (nSPS) is 23.0. The summed E-state index contributed by atoms with van der Waals surface area (Å²) in [6.45, 7) is 18.2. The molecule has 9 nitrogen and oxygen atoms in total. The number of carbonyl (C=O) groups is 2. The number of carbonyl (C=O) groups excluding carboxylic acids is 2. The third-order valence-corrected chi connectivity index (χ3v) is 11.5. The molecule has 2 amide bonds. The molecule has 0 aliphatic carbocycles. The summed E-state index contributed by atoms with van der Waals surface area (Å²) in [6, 6.07) is 13.7. The molecule has 2 N–H and O–H groups in total. The summed E-state index contributed by atoms with van der Waals surface area (Å²) in [4.78, 5) is 36.2. The van der Waals surface area contributed by atoms with E-state index in [9.17, 15) is 9.59 Å². The van der Waals surface area contributed by atoms with Crippen molar-refractivity contribution in [1.29, 1.82) is 0 Å². The van der Waals surface area contributed by atoms with Crippen molar-refractivity contribution in [2.45, 2.75) is 89.4 Å². The summed E-state index contributed by atoms with van der Waals surface area (Å²) >= 11 is 1.53. The first-order valence-corrected chi connectivity index (χ1v) is 18.2. The Hall–Kier alpha value is -3.02. The average molecular weight is 666 g/mol. The molecule has 47 heavy (non-hydrogen) atoms. The van der Waals surface area contributed by atoms with Gasteiger partial charge >= 0.3 is 0 Å². The van der Waals surface area contributed by atoms with Crippen LogP contribution >= 0.6 is 11.8 Å². The molecule has 3 fully saturated rings. The molecule has 1 unspecified atom stereocenters. The molecule has 2 atom stereocenters. The van der Waals surface area contributed by atoms with Gasteiger partial charge in [-0.15, -0.1) is 17.3 Å². The molecule has 0 radical (unpaired) electrons. The third kappa shape index (κ3) is 7.37. The predicted molar refractivity (Wildman–Crippen MR) is 190 cm³/mol. The molecule has 11 heteroatoms. The molecule has 256 valence electrons. The molecule has 4 heterocycles. The van der Waals surface area contributed by atoms with E-state index >= 15 is 4.39 Å². The number of nitrogens with zero attached hydrogens (tertiary/aromatic N) is 5. The molecular formula is C36H52FN7O2S. The number of hydrogen-bond donors (Lipinski definition) is 2. The number of piperidine rings is 1. The van der Waals surface area contributed by atoms with Crippen molar-refractivity contribution in [1.82, 2.24) is 20.2 Å². The Labute approximate surface area is 284 Å². The second kappa shape index (κ2) is 13.5. The summed E-state index contributed by atoms with van der Waals surface area (Å²) in [6.07, 6.45) is 2.67. The number of anilines is 3. The largest absolute Gasteiger partial charge is 0.366 e. The minimum atomic E-state index is -0.490. The molecule has 6 rings (SSSR count). The number of amides is 2. The number of rotatable bonds is 7. The molecule has 3 saturated heterocycles. The average Bonchev–Trinajstić information content (AvgIpc) is 3.60. The number of likely N-dealkylation sites (tertiary alicyclic amines) is 1. The molecule has 2 aromatic rings. The van der Waals surface area contributed by atoms with Crippen LogP contribution in [0.3, 0.4) is 0 Å². The van der Waals surface area contributed by atoms with E-state index in [0.29, 0.717) is 25.3 Å². The summed E-state index contributed by atoms with van der Waals surface area (Å²) in [5.74, 6) is -0.233. The van der Waals surface area contributed by atoms with Crippen LogP contribution < -0.4 is 20.9 Å². The lowest BCUT2D eigenvalue weighted by molar-refractivity contribution is -0.136. The van der Waals surface area contributed by atoms with E-state index < -0.39 is 5.25 Å². The van der Waals surface area contributed by atoms with Gasteiger partial charge < -0.3 is 20.1 Å². The quantitative estimate of drug-likeness (QED) is 0.382. The Bertz CT molecular complexity index is 1440. The summed E-state index contributed by atoms with van der Waals surface area (Å²) in [5.41, 5.74) is 10.2. The molecule has 0 saturated carbocycles. The number of thioether (sulfide) groups is 1. The Balaban J connectivity index is 1.16. The number of nitrogens with one attached hydrogen (secondary N) is 2. The Morgan fingerprint density at radius 2 is 1.64 bits per heavy atom. The number of hydrogen-bond acceptors (Lipinski definition) is 8. The van der Waals surface area contributed by atoms with Gasteiger partial charge in [-0.1, -0.05) is 45.0 Å². The number of halogens is 1. The van der Waals surface area contributed by atoms with Crippen molar-refractivity contribution in [3.8, 4) is 0 Å². The summed E-state index contributed by atoms with van der Waals surface area (Å²) in [7, 11) is 0. The van der Waals surface area contributed by atoms with Crippen LogP contribution in [0.2, 0.25) is 0 Å². The molecule has 0 bridgehead atoms. The van der Waals surface area contributed by atoms with E-state index in [1.54, 1.807) is 6.07 Å². The van der Waals surface area contributed by atoms with E-state index in [4.69, 9.17) is 0 Å². The van der Waals surface area contributed by atoms with Gasteiger partial charge in [0.05, 0.1) is 28.4 Å². The SMILES string of the molecule is CC(C)(C)CCN1C(=O)[C@H](CC(=O)N2CCC(N3NNc4ccccc43)CC2)SC1c1cccc(F)c1N1CCN(C(C)(C)C)CC1. The maximum atomic E-state index is 15.8. The van der Waals surface area contributed by atoms with Crippen LogP contribution in [0.15, 0.2) is 42.5 Å². The smallest absolute Gasteiger partial charge is 0.237 e. The highest BCUT2D eigenvalue weighted by molar-refractivity contribution is 8.01. The molecular weight excluding hydrogens is 614 g/mol. The van der Waals surface area contributed by atoms with Crippen molar-refractivity contribution >= 4 is 40.6 Å². The van der Waals surface area contributed by atoms with Crippen molar-refractivity contribution in [3.05, 3.63) is 53.8 Å². The number of piperazine rings is 1. The molecule has 0 aromatic heterocycles. The van der Waals surface area contributed by atoms with Crippen molar-refractivity contribution in [2.24, 2.45) is 5.41 Å². The minimum Gasteiger partial charge on any atom is -0.366 e. The zero-order valence-corrected chi connectivity index (χ0v) is 29.7. The first-order chi connectivity index (χ1) is 22.3. The fraction of sp³-hybridized carbons (Fsp3) is 0.611. The maximum absolute atomic E-state index is 15.8. The van der Waals surface area contributed by atoms with Crippen LogP contribution in [-0.4, -0.2) is 89.2 Å². The van der Waals surface area contributed by atoms with Gasteiger partial charge in [0.15, 0.2) is 0 Å². The lowest BCUT2D eigenvalue weighted by Crippen LogP contribution is -2.53. The van der Waals surface area contributed by atoms with Gasteiger partial charge in [0.2, 0.25) is 11.8 Å². The zero-order valence-electron chi connectivity index (χ0n) is 28.9. The van der Waals surface area contributed by atoms with Gasteiger partial charge in [-0.3, -0.25) is 19.5 Å². The standard InChI is InChI=1S/C36H52FN7O2S/c1-35(2,3)16-19-43-33(46)30(24-31(45)40-17-14-25(15-18-40)44-29-13-8-7-12-28(29)38-39-44)47-34(43)26-10-9-11-27(37)32(26)41-20-22-42(23-21-41)36(4,5)6/h7-13,25,30,34,38-39H,14-24H2,1-6H3/t30-,34?/m0/s1. The Kier molecular flexibility index (Phi) is 9.71. The maximum Gasteiger partial charge on any atom is 0.237 e. The van der Waals surface area contributed by atoms with Crippen LogP contribution in [0, 0.1) is 11.2 Å². The molecule has 0 spiro atoms. The second-order valence-electron chi connectivity index (χ2n) is 15.6. The van der Waals surface area contributed by atoms with E-state index in [0.717, 1.165) is 62.4 Å². The first kappa shape index (κ1) is 33.9. The Morgan fingerprint density at radius 1 is 0.936 bits per heavy atom. The van der Waals surface area contributed by atoms with E-state index in [2.05, 4.69) is 79.4 Å². The second-order valence-corrected chi connectivity index (χ2v) is 16.9. The predicted octanol–water partition coefficient (Wildman–Crippen LogP) is 5.86. The lowest BCUT2D eigenvalue weighted by atomic mass is 9.92. The van der Waals surface area contributed by atoms with Gasteiger partial charge in [-0.2, -0.15) is 0 Å². The molecule has 4 aliphatic heterocycles. The fourth-order valence-electron chi connectivity index (χ4n) is 7.23. The number of hydrazine groups is 2. The third-order valence-electron chi connectivity index (χ3n) is 10.1. The first-order valence-electron chi connectivity index (χ1n) is 17.2.